The van der Waals surface area contributed by atoms with Crippen molar-refractivity contribution < 1.29 is 13.2 Å². The average molecular weight is 412 g/mol. The van der Waals surface area contributed by atoms with Gasteiger partial charge in [-0.15, -0.1) is 0 Å². The Hall–Kier alpha value is -2.67. The Morgan fingerprint density at radius 3 is 2.72 bits per heavy atom. The van der Waals surface area contributed by atoms with Gasteiger partial charge in [0.15, 0.2) is 9.84 Å². The highest BCUT2D eigenvalue weighted by Gasteiger charge is 2.54. The second kappa shape index (κ2) is 7.99. The van der Waals surface area contributed by atoms with E-state index in [1.54, 1.807) is 36.7 Å². The van der Waals surface area contributed by atoms with Crippen LogP contribution in [-0.2, 0) is 14.6 Å². The maximum atomic E-state index is 11.9. The highest BCUT2D eigenvalue weighted by Crippen LogP contribution is 2.54. The fourth-order valence-corrected chi connectivity index (χ4v) is 4.93. The van der Waals surface area contributed by atoms with Crippen LogP contribution in [0.15, 0.2) is 59.8 Å². The number of sulfone groups is 1. The molecule has 0 spiro atoms. The largest absolute Gasteiger partial charge is 0.371 e. The Labute approximate surface area is 171 Å². The van der Waals surface area contributed by atoms with Gasteiger partial charge in [0.2, 0.25) is 5.91 Å². The average Bonchev–Trinajstić information content (AvgIpc) is 3.15. The van der Waals surface area contributed by atoms with Crippen molar-refractivity contribution in [2.75, 3.05) is 30.8 Å². The van der Waals surface area contributed by atoms with E-state index >= 15 is 0 Å². The number of piperidine rings is 1. The van der Waals surface area contributed by atoms with E-state index in [2.05, 4.69) is 15.2 Å². The Balaban J connectivity index is 1.21. The van der Waals surface area contributed by atoms with E-state index in [1.165, 1.54) is 6.26 Å². The molecule has 2 aromatic rings. The molecule has 0 bridgehead atoms. The smallest absolute Gasteiger partial charge is 0.244 e. The lowest BCUT2D eigenvalue weighted by Crippen LogP contribution is -2.26. The topological polar surface area (TPSA) is 79.4 Å². The number of pyridine rings is 1. The van der Waals surface area contributed by atoms with E-state index in [4.69, 9.17) is 0 Å². The van der Waals surface area contributed by atoms with Crippen LogP contribution in [0.4, 0.5) is 5.69 Å². The van der Waals surface area contributed by atoms with Crippen molar-refractivity contribution >= 4 is 27.5 Å². The van der Waals surface area contributed by atoms with Crippen LogP contribution in [0.2, 0.25) is 0 Å². The van der Waals surface area contributed by atoms with Crippen LogP contribution in [0.1, 0.15) is 12.0 Å². The van der Waals surface area contributed by atoms with Gasteiger partial charge in [-0.2, -0.15) is 0 Å². The van der Waals surface area contributed by atoms with Gasteiger partial charge in [-0.05, 0) is 60.1 Å². The fraction of sp³-hybridized carbons (Fsp3) is 0.364. The molecule has 1 aromatic carbocycles. The van der Waals surface area contributed by atoms with Crippen molar-refractivity contribution in [1.29, 1.82) is 0 Å². The van der Waals surface area contributed by atoms with Crippen molar-refractivity contribution in [2.45, 2.75) is 11.3 Å². The quantitative estimate of drug-likeness (QED) is 0.708. The van der Waals surface area contributed by atoms with Crippen molar-refractivity contribution in [3.63, 3.8) is 0 Å². The highest BCUT2D eigenvalue weighted by atomic mass is 32.2. The number of benzene rings is 1. The van der Waals surface area contributed by atoms with Gasteiger partial charge in [0.25, 0.3) is 0 Å². The molecule has 1 saturated carbocycles. The lowest BCUT2D eigenvalue weighted by Gasteiger charge is -2.22. The first kappa shape index (κ1) is 19.6. The summed E-state index contributed by atoms with van der Waals surface area (Å²) in [4.78, 5) is 18.6. The second-order valence-corrected chi connectivity index (χ2v) is 9.88. The van der Waals surface area contributed by atoms with E-state index in [1.807, 2.05) is 24.3 Å². The molecule has 1 N–H and O–H groups in total. The van der Waals surface area contributed by atoms with E-state index in [9.17, 15) is 13.2 Å². The number of fused-ring (bicyclic) bond motifs is 1. The molecule has 4 rings (SSSR count). The van der Waals surface area contributed by atoms with Gasteiger partial charge in [-0.3, -0.25) is 9.78 Å². The van der Waals surface area contributed by atoms with Crippen molar-refractivity contribution in [3.05, 3.63) is 60.4 Å². The monoisotopic (exact) mass is 411 g/mol. The summed E-state index contributed by atoms with van der Waals surface area (Å²) in [5.41, 5.74) is 1.88. The zero-order valence-corrected chi connectivity index (χ0v) is 17.2. The summed E-state index contributed by atoms with van der Waals surface area (Å²) in [6.45, 7) is 2.59. The molecule has 2 heterocycles. The van der Waals surface area contributed by atoms with E-state index in [-0.39, 0.29) is 5.91 Å². The maximum Gasteiger partial charge on any atom is 0.244 e. The summed E-state index contributed by atoms with van der Waals surface area (Å²) < 4.78 is 23.5. The van der Waals surface area contributed by atoms with Crippen molar-refractivity contribution in [1.82, 2.24) is 10.3 Å². The number of hydrogen-bond donors (Lipinski definition) is 1. The number of amides is 1. The van der Waals surface area contributed by atoms with Gasteiger partial charge >= 0.3 is 0 Å². The highest BCUT2D eigenvalue weighted by molar-refractivity contribution is 7.90. The number of carbonyl (C=O) groups excluding carboxylic acids is 1. The Morgan fingerprint density at radius 2 is 2.03 bits per heavy atom. The summed E-state index contributed by atoms with van der Waals surface area (Å²) in [5.74, 6) is 1.84. The molecule has 152 valence electrons. The van der Waals surface area contributed by atoms with Gasteiger partial charge in [-0.1, -0.05) is 12.1 Å². The molecule has 1 amide bonds. The van der Waals surface area contributed by atoms with E-state index in [0.717, 1.165) is 30.8 Å². The molecule has 0 radical (unpaired) electrons. The van der Waals surface area contributed by atoms with Gasteiger partial charge in [0.1, 0.15) is 0 Å². The lowest BCUT2D eigenvalue weighted by atomic mass is 10.2. The number of anilines is 1. The summed E-state index contributed by atoms with van der Waals surface area (Å²) in [7, 11) is -3.19. The number of hydrogen-bond acceptors (Lipinski definition) is 5. The zero-order chi connectivity index (χ0) is 20.4. The van der Waals surface area contributed by atoms with Crippen molar-refractivity contribution in [3.8, 4) is 0 Å². The predicted octanol–water partition coefficient (Wildman–Crippen LogP) is 2.39. The standard InChI is InChI=1S/C22H25N3O3S/c1-29(27,28)18-6-2-5-17(12-18)25-14-20-19(21(20)15-25)9-11-24-22(26)8-7-16-4-3-10-23-13-16/h2-8,10,12-13,19-21H,9,11,14-15H2,1H3,(H,24,26)/b8-7+/t19-,20-,21+. The minimum Gasteiger partial charge on any atom is -0.371 e. The molecule has 2 aliphatic rings. The van der Waals surface area contributed by atoms with Crippen LogP contribution in [0.5, 0.6) is 0 Å². The maximum absolute atomic E-state index is 11.9. The van der Waals surface area contributed by atoms with Crippen LogP contribution >= 0.6 is 0 Å². The summed E-state index contributed by atoms with van der Waals surface area (Å²) in [5, 5.41) is 2.95. The molecule has 1 aliphatic carbocycles. The third-order valence-electron chi connectivity index (χ3n) is 5.87. The van der Waals surface area contributed by atoms with Gasteiger partial charge in [0.05, 0.1) is 4.90 Å². The van der Waals surface area contributed by atoms with E-state index in [0.29, 0.717) is 29.2 Å². The SMILES string of the molecule is CS(=O)(=O)c1cccc(N2C[C@@H]3[C@@H](CCNC(=O)/C=C/c4cccnc4)[C@@H]3C2)c1. The Morgan fingerprint density at radius 1 is 1.24 bits per heavy atom. The molecule has 1 saturated heterocycles. The molecule has 1 aliphatic heterocycles. The molecule has 6 nitrogen and oxygen atoms in total. The van der Waals surface area contributed by atoms with E-state index < -0.39 is 9.84 Å². The fourth-order valence-electron chi connectivity index (χ4n) is 4.27. The number of nitrogens with one attached hydrogen (secondary N) is 1. The predicted molar refractivity (Wildman–Crippen MR) is 113 cm³/mol. The van der Waals surface area contributed by atoms with Gasteiger partial charge in [0, 0.05) is 50.0 Å². The van der Waals surface area contributed by atoms with Gasteiger partial charge in [-0.25, -0.2) is 8.42 Å². The zero-order valence-electron chi connectivity index (χ0n) is 16.4. The molecule has 29 heavy (non-hydrogen) atoms. The summed E-state index contributed by atoms with van der Waals surface area (Å²) in [6.07, 6.45) is 8.95. The van der Waals surface area contributed by atoms with Crippen LogP contribution < -0.4 is 10.2 Å². The number of rotatable bonds is 7. The van der Waals surface area contributed by atoms with Gasteiger partial charge < -0.3 is 10.2 Å². The molecule has 2 fully saturated rings. The number of carbonyl (C=O) groups is 1. The summed E-state index contributed by atoms with van der Waals surface area (Å²) in [6, 6.07) is 10.9. The first-order valence-corrected chi connectivity index (χ1v) is 11.7. The third-order valence-corrected chi connectivity index (χ3v) is 6.98. The lowest BCUT2D eigenvalue weighted by molar-refractivity contribution is -0.116. The van der Waals surface area contributed by atoms with Crippen LogP contribution in [0, 0.1) is 17.8 Å². The third kappa shape index (κ3) is 4.67. The minimum atomic E-state index is -3.19. The molecule has 3 atom stereocenters. The number of nitrogens with zero attached hydrogens (tertiary/aromatic N) is 2. The first-order valence-electron chi connectivity index (χ1n) is 9.83. The molecule has 0 unspecified atom stereocenters. The second-order valence-electron chi connectivity index (χ2n) is 7.87. The first-order chi connectivity index (χ1) is 13.9. The molecule has 7 heteroatoms. The van der Waals surface area contributed by atoms with Crippen molar-refractivity contribution in [2.24, 2.45) is 17.8 Å². The van der Waals surface area contributed by atoms with Crippen LogP contribution in [0.25, 0.3) is 6.08 Å². The Bertz CT molecular complexity index is 1010. The van der Waals surface area contributed by atoms with Crippen LogP contribution in [-0.4, -0.2) is 45.2 Å². The molecule has 1 aromatic heterocycles. The normalized spacial score (nSPS) is 23.2. The summed E-state index contributed by atoms with van der Waals surface area (Å²) >= 11 is 0. The molecular formula is C22H25N3O3S. The minimum absolute atomic E-state index is 0.0844. The van der Waals surface area contributed by atoms with Crippen LogP contribution in [0.3, 0.4) is 0 Å². The Kier molecular flexibility index (Phi) is 5.41. The molecular weight excluding hydrogens is 386 g/mol. The number of aromatic nitrogens is 1.